The molecule has 0 heterocycles. The van der Waals surface area contributed by atoms with Crippen LogP contribution in [0.3, 0.4) is 0 Å². The van der Waals surface area contributed by atoms with Crippen LogP contribution in [-0.4, -0.2) is 37.7 Å². The Morgan fingerprint density at radius 3 is 2.48 bits per heavy atom. The number of hydrogen-bond acceptors (Lipinski definition) is 5. The number of halogens is 1. The number of anilines is 1. The van der Waals surface area contributed by atoms with E-state index in [4.69, 9.17) is 26.8 Å². The maximum absolute atomic E-state index is 12.0. The molecule has 0 fully saturated rings. The van der Waals surface area contributed by atoms with Gasteiger partial charge in [0.05, 0.1) is 12.1 Å². The van der Waals surface area contributed by atoms with E-state index < -0.39 is 30.6 Å². The number of nitrogens with one attached hydrogen (secondary N) is 2. The van der Waals surface area contributed by atoms with Gasteiger partial charge in [0.1, 0.15) is 11.8 Å². The summed E-state index contributed by atoms with van der Waals surface area (Å²) < 4.78 is 9.95. The minimum absolute atomic E-state index is 0.125. The topological polar surface area (TPSA) is 120 Å². The van der Waals surface area contributed by atoms with E-state index in [0.29, 0.717) is 22.9 Å². The normalized spacial score (nSPS) is 11.6. The maximum atomic E-state index is 12.0. The molecule has 0 aliphatic heterocycles. The Balaban J connectivity index is 2.57. The van der Waals surface area contributed by atoms with Crippen molar-refractivity contribution in [3.63, 3.8) is 0 Å². The smallest absolute Gasteiger partial charge is 0.329 e. The summed E-state index contributed by atoms with van der Waals surface area (Å²) in [7, 11) is 1.48. The minimum atomic E-state index is -0.902. The fourth-order valence-corrected chi connectivity index (χ4v) is 2.29. The molecule has 0 aliphatic rings. The predicted octanol–water partition coefficient (Wildman–Crippen LogP) is 1.91. The van der Waals surface area contributed by atoms with E-state index >= 15 is 0 Å². The van der Waals surface area contributed by atoms with Gasteiger partial charge in [0.25, 0.3) is 5.91 Å². The van der Waals surface area contributed by atoms with Crippen molar-refractivity contribution >= 4 is 35.2 Å². The first kappa shape index (κ1) is 20.6. The fourth-order valence-electron chi connectivity index (χ4n) is 2.04. The van der Waals surface area contributed by atoms with Crippen LogP contribution in [0.4, 0.5) is 10.5 Å². The van der Waals surface area contributed by atoms with Crippen molar-refractivity contribution in [1.29, 1.82) is 0 Å². The van der Waals surface area contributed by atoms with E-state index in [1.54, 1.807) is 12.1 Å². The largest absolute Gasteiger partial charge is 0.495 e. The molecule has 0 unspecified atom stereocenters. The van der Waals surface area contributed by atoms with Gasteiger partial charge < -0.3 is 25.8 Å². The molecular formula is C16H22ClN3O5. The van der Waals surface area contributed by atoms with E-state index in [9.17, 15) is 14.4 Å². The van der Waals surface area contributed by atoms with E-state index in [1.165, 1.54) is 13.2 Å². The third-order valence-corrected chi connectivity index (χ3v) is 3.38. The number of ether oxygens (including phenoxy) is 2. The predicted molar refractivity (Wildman–Crippen MR) is 93.6 cm³/mol. The Bertz CT molecular complexity index is 636. The number of hydrogen-bond donors (Lipinski definition) is 3. The number of rotatable bonds is 8. The second-order valence-electron chi connectivity index (χ2n) is 5.70. The first-order valence-corrected chi connectivity index (χ1v) is 7.96. The van der Waals surface area contributed by atoms with E-state index in [2.05, 4.69) is 10.6 Å². The Kier molecular flexibility index (Phi) is 8.00. The molecule has 25 heavy (non-hydrogen) atoms. The van der Waals surface area contributed by atoms with Crippen molar-refractivity contribution in [3.05, 3.63) is 23.2 Å². The van der Waals surface area contributed by atoms with E-state index in [0.717, 1.165) is 0 Å². The highest BCUT2D eigenvalue weighted by Crippen LogP contribution is 2.27. The molecule has 4 N–H and O–H groups in total. The summed E-state index contributed by atoms with van der Waals surface area (Å²) >= 11 is 5.97. The first-order valence-electron chi connectivity index (χ1n) is 7.59. The summed E-state index contributed by atoms with van der Waals surface area (Å²) in [5.74, 6) is -0.674. The molecule has 0 aliphatic carbocycles. The van der Waals surface area contributed by atoms with Crippen LogP contribution in [-0.2, 0) is 14.3 Å². The standard InChI is InChI=1S/C16H22ClN3O5/c1-9(2)6-12(20-16(18)23)15(22)25-8-14(21)19-10-4-5-13(24-3)11(17)7-10/h4-5,7,9,12H,6,8H2,1-3H3,(H,19,21)(H3,18,20,23)/t12-/m0/s1. The molecule has 0 bridgehead atoms. The van der Waals surface area contributed by atoms with Crippen molar-refractivity contribution in [2.45, 2.75) is 26.3 Å². The van der Waals surface area contributed by atoms with Gasteiger partial charge in [-0.25, -0.2) is 9.59 Å². The Morgan fingerprint density at radius 1 is 1.28 bits per heavy atom. The van der Waals surface area contributed by atoms with Gasteiger partial charge in [0.15, 0.2) is 6.61 Å². The molecule has 1 aromatic rings. The summed E-state index contributed by atoms with van der Waals surface area (Å²) in [5, 5.41) is 5.18. The maximum Gasteiger partial charge on any atom is 0.329 e. The van der Waals surface area contributed by atoms with Crippen LogP contribution in [0.25, 0.3) is 0 Å². The van der Waals surface area contributed by atoms with Crippen LogP contribution in [0.1, 0.15) is 20.3 Å². The van der Waals surface area contributed by atoms with Crippen molar-refractivity contribution in [2.75, 3.05) is 19.0 Å². The van der Waals surface area contributed by atoms with Crippen LogP contribution < -0.4 is 21.1 Å². The van der Waals surface area contributed by atoms with Crippen LogP contribution in [0, 0.1) is 5.92 Å². The number of methoxy groups -OCH3 is 1. The number of esters is 1. The van der Waals surface area contributed by atoms with Gasteiger partial charge in [-0.1, -0.05) is 25.4 Å². The van der Waals surface area contributed by atoms with Gasteiger partial charge in [-0.15, -0.1) is 0 Å². The average molecular weight is 372 g/mol. The molecule has 1 rings (SSSR count). The van der Waals surface area contributed by atoms with Gasteiger partial charge in [-0.3, -0.25) is 4.79 Å². The first-order chi connectivity index (χ1) is 11.7. The van der Waals surface area contributed by atoms with E-state index in [1.807, 2.05) is 13.8 Å². The van der Waals surface area contributed by atoms with Crippen LogP contribution in [0.15, 0.2) is 18.2 Å². The van der Waals surface area contributed by atoms with Gasteiger partial charge in [-0.05, 0) is 30.5 Å². The zero-order valence-electron chi connectivity index (χ0n) is 14.3. The number of primary amides is 1. The lowest BCUT2D eigenvalue weighted by Crippen LogP contribution is -2.45. The zero-order valence-corrected chi connectivity index (χ0v) is 15.1. The monoisotopic (exact) mass is 371 g/mol. The number of nitrogens with two attached hydrogens (primary N) is 1. The number of amides is 3. The lowest BCUT2D eigenvalue weighted by Gasteiger charge is -2.18. The molecule has 138 valence electrons. The highest BCUT2D eigenvalue weighted by Gasteiger charge is 2.23. The summed E-state index contributed by atoms with van der Waals surface area (Å²) in [6, 6.07) is 2.97. The molecule has 0 spiro atoms. The molecule has 0 saturated heterocycles. The molecular weight excluding hydrogens is 350 g/mol. The van der Waals surface area contributed by atoms with Gasteiger partial charge >= 0.3 is 12.0 Å². The van der Waals surface area contributed by atoms with Gasteiger partial charge in [-0.2, -0.15) is 0 Å². The van der Waals surface area contributed by atoms with E-state index in [-0.39, 0.29) is 5.92 Å². The molecule has 3 amide bonds. The second kappa shape index (κ2) is 9.73. The number of carbonyl (C=O) groups excluding carboxylic acids is 3. The van der Waals surface area contributed by atoms with Crippen LogP contribution in [0.2, 0.25) is 5.02 Å². The third-order valence-electron chi connectivity index (χ3n) is 3.09. The number of benzene rings is 1. The molecule has 0 radical (unpaired) electrons. The molecule has 8 nitrogen and oxygen atoms in total. The minimum Gasteiger partial charge on any atom is -0.495 e. The molecule has 0 saturated carbocycles. The van der Waals surface area contributed by atoms with Gasteiger partial charge in [0.2, 0.25) is 0 Å². The number of carbonyl (C=O) groups is 3. The highest BCUT2D eigenvalue weighted by atomic mass is 35.5. The van der Waals surface area contributed by atoms with Crippen molar-refractivity contribution in [1.82, 2.24) is 5.32 Å². The average Bonchev–Trinajstić information content (AvgIpc) is 2.51. The lowest BCUT2D eigenvalue weighted by molar-refractivity contribution is -0.149. The Morgan fingerprint density at radius 2 is 1.96 bits per heavy atom. The molecule has 0 aromatic heterocycles. The van der Waals surface area contributed by atoms with Crippen molar-refractivity contribution < 1.29 is 23.9 Å². The van der Waals surface area contributed by atoms with Crippen LogP contribution in [0.5, 0.6) is 5.75 Å². The molecule has 1 aromatic carbocycles. The quantitative estimate of drug-likeness (QED) is 0.603. The third kappa shape index (κ3) is 7.30. The molecule has 9 heteroatoms. The SMILES string of the molecule is COc1ccc(NC(=O)COC(=O)[C@H](CC(C)C)NC(N)=O)cc1Cl. The number of urea groups is 1. The van der Waals surface area contributed by atoms with Gasteiger partial charge in [0, 0.05) is 5.69 Å². The summed E-state index contributed by atoms with van der Waals surface area (Å²) in [5.41, 5.74) is 5.47. The highest BCUT2D eigenvalue weighted by molar-refractivity contribution is 6.32. The Hall–Kier alpha value is -2.48. The summed E-state index contributed by atoms with van der Waals surface area (Å²) in [6.07, 6.45) is 0.345. The van der Waals surface area contributed by atoms with Crippen molar-refractivity contribution in [2.24, 2.45) is 11.7 Å². The summed E-state index contributed by atoms with van der Waals surface area (Å²) in [4.78, 5) is 34.8. The summed E-state index contributed by atoms with van der Waals surface area (Å²) in [6.45, 7) is 3.25. The van der Waals surface area contributed by atoms with Crippen LogP contribution >= 0.6 is 11.6 Å². The molecule has 1 atom stereocenters. The van der Waals surface area contributed by atoms with Crippen molar-refractivity contribution in [3.8, 4) is 5.75 Å². The fraction of sp³-hybridized carbons (Fsp3) is 0.438. The Labute approximate surface area is 151 Å². The lowest BCUT2D eigenvalue weighted by atomic mass is 10.0. The zero-order chi connectivity index (χ0) is 19.0. The second-order valence-corrected chi connectivity index (χ2v) is 6.10.